The van der Waals surface area contributed by atoms with Crippen LogP contribution in [0.25, 0.3) is 6.08 Å². The molecule has 6 heteroatoms. The van der Waals surface area contributed by atoms with Crippen molar-refractivity contribution in [3.05, 3.63) is 106 Å². The van der Waals surface area contributed by atoms with Crippen LogP contribution in [-0.2, 0) is 17.9 Å². The number of hydrogen-bond acceptors (Lipinski definition) is 4. The molecular weight excluding hydrogens is 402 g/mol. The Hall–Kier alpha value is -4.37. The fraction of sp³-hybridized carbons (Fsp3) is 0.115. The van der Waals surface area contributed by atoms with E-state index in [1.165, 1.54) is 4.90 Å². The molecule has 0 saturated carbocycles. The van der Waals surface area contributed by atoms with E-state index >= 15 is 0 Å². The molecule has 1 fully saturated rings. The van der Waals surface area contributed by atoms with Gasteiger partial charge in [-0.25, -0.2) is 4.79 Å². The normalized spacial score (nSPS) is 14.4. The Morgan fingerprint density at radius 2 is 1.81 bits per heavy atom. The molecule has 1 N–H and O–H groups in total. The first-order valence-corrected chi connectivity index (χ1v) is 10.1. The smallest absolute Gasteiger partial charge is 0.329 e. The molecule has 0 aliphatic carbocycles. The molecule has 0 spiro atoms. The van der Waals surface area contributed by atoms with Gasteiger partial charge in [0.1, 0.15) is 18.1 Å². The number of urea groups is 1. The summed E-state index contributed by atoms with van der Waals surface area (Å²) in [6, 6.07) is 23.9. The van der Waals surface area contributed by atoms with Gasteiger partial charge in [-0.15, -0.1) is 0 Å². The Balaban J connectivity index is 1.53. The van der Waals surface area contributed by atoms with E-state index in [0.717, 1.165) is 16.7 Å². The molecule has 3 amide bonds. The molecule has 0 bridgehead atoms. The van der Waals surface area contributed by atoms with Crippen molar-refractivity contribution in [1.82, 2.24) is 10.2 Å². The molecule has 3 aromatic rings. The topological polar surface area (TPSA) is 82.4 Å². The number of nitriles is 1. The number of para-hydroxylation sites is 1. The van der Waals surface area contributed by atoms with Crippen LogP contribution in [0.2, 0.25) is 0 Å². The zero-order chi connectivity index (χ0) is 22.5. The minimum atomic E-state index is -0.455. The summed E-state index contributed by atoms with van der Waals surface area (Å²) >= 11 is 0. The molecular formula is C26H21N3O3. The number of benzene rings is 3. The number of hydrogen-bond donors (Lipinski definition) is 1. The summed E-state index contributed by atoms with van der Waals surface area (Å²) in [5.41, 5.74) is 4.11. The van der Waals surface area contributed by atoms with E-state index in [9.17, 15) is 14.9 Å². The van der Waals surface area contributed by atoms with Crippen LogP contribution < -0.4 is 10.1 Å². The van der Waals surface area contributed by atoms with Crippen molar-refractivity contribution in [1.29, 1.82) is 5.26 Å². The summed E-state index contributed by atoms with van der Waals surface area (Å²) in [6.07, 6.45) is 1.61. The highest BCUT2D eigenvalue weighted by atomic mass is 16.5. The van der Waals surface area contributed by atoms with Gasteiger partial charge in [-0.2, -0.15) is 5.26 Å². The lowest BCUT2D eigenvalue weighted by atomic mass is 10.1. The summed E-state index contributed by atoms with van der Waals surface area (Å²) < 4.78 is 5.94. The van der Waals surface area contributed by atoms with Crippen molar-refractivity contribution in [3.63, 3.8) is 0 Å². The molecule has 0 radical (unpaired) electrons. The zero-order valence-corrected chi connectivity index (χ0v) is 17.5. The van der Waals surface area contributed by atoms with E-state index in [1.54, 1.807) is 30.3 Å². The van der Waals surface area contributed by atoms with E-state index in [2.05, 4.69) is 11.4 Å². The SMILES string of the molecule is Cc1cccc(CN2C(=O)N/C(=C/c3ccccc3OCc3ccccc3C#N)C2=O)c1. The molecule has 3 aromatic carbocycles. The predicted molar refractivity (Wildman–Crippen MR) is 120 cm³/mol. The van der Waals surface area contributed by atoms with Gasteiger partial charge >= 0.3 is 6.03 Å². The first-order chi connectivity index (χ1) is 15.5. The molecule has 6 nitrogen and oxygen atoms in total. The minimum absolute atomic E-state index is 0.191. The third-order valence-corrected chi connectivity index (χ3v) is 5.13. The van der Waals surface area contributed by atoms with Gasteiger partial charge in [0.25, 0.3) is 5.91 Å². The second kappa shape index (κ2) is 9.19. The molecule has 1 saturated heterocycles. The maximum atomic E-state index is 12.9. The van der Waals surface area contributed by atoms with Crippen molar-refractivity contribution >= 4 is 18.0 Å². The van der Waals surface area contributed by atoms with Crippen molar-refractivity contribution in [3.8, 4) is 11.8 Å². The fourth-order valence-corrected chi connectivity index (χ4v) is 3.51. The van der Waals surface area contributed by atoms with Crippen molar-refractivity contribution in [2.45, 2.75) is 20.1 Å². The molecule has 1 aliphatic rings. The largest absolute Gasteiger partial charge is 0.488 e. The Morgan fingerprint density at radius 3 is 2.62 bits per heavy atom. The van der Waals surface area contributed by atoms with Crippen LogP contribution in [0.3, 0.4) is 0 Å². The fourth-order valence-electron chi connectivity index (χ4n) is 3.51. The molecule has 158 valence electrons. The van der Waals surface area contributed by atoms with Crippen LogP contribution in [0, 0.1) is 18.3 Å². The number of ether oxygens (including phenoxy) is 1. The third-order valence-electron chi connectivity index (χ3n) is 5.13. The highest BCUT2D eigenvalue weighted by Crippen LogP contribution is 2.25. The van der Waals surface area contributed by atoms with Gasteiger partial charge in [0.2, 0.25) is 0 Å². The van der Waals surface area contributed by atoms with Crippen molar-refractivity contribution in [2.75, 3.05) is 0 Å². The van der Waals surface area contributed by atoms with Gasteiger partial charge < -0.3 is 10.1 Å². The van der Waals surface area contributed by atoms with E-state index in [4.69, 9.17) is 4.74 Å². The second-order valence-electron chi connectivity index (χ2n) is 7.46. The minimum Gasteiger partial charge on any atom is -0.488 e. The summed E-state index contributed by atoms with van der Waals surface area (Å²) in [6.45, 7) is 2.38. The average Bonchev–Trinajstić information content (AvgIpc) is 3.06. The molecule has 0 atom stereocenters. The Bertz CT molecular complexity index is 1260. The monoisotopic (exact) mass is 423 g/mol. The number of aryl methyl sites for hydroxylation is 1. The van der Waals surface area contributed by atoms with Crippen LogP contribution in [0.1, 0.15) is 27.8 Å². The number of amides is 3. The highest BCUT2D eigenvalue weighted by Gasteiger charge is 2.33. The molecule has 4 rings (SSSR count). The zero-order valence-electron chi connectivity index (χ0n) is 17.5. The number of carbonyl (C=O) groups excluding carboxylic acids is 2. The van der Waals surface area contributed by atoms with Gasteiger partial charge in [0.05, 0.1) is 18.2 Å². The predicted octanol–water partition coefficient (Wildman–Crippen LogP) is 4.54. The van der Waals surface area contributed by atoms with Crippen molar-refractivity contribution in [2.24, 2.45) is 0 Å². The van der Waals surface area contributed by atoms with E-state index < -0.39 is 6.03 Å². The van der Waals surface area contributed by atoms with Gasteiger partial charge in [-0.05, 0) is 30.7 Å². The van der Waals surface area contributed by atoms with Gasteiger partial charge in [0, 0.05) is 11.1 Å². The molecule has 1 heterocycles. The van der Waals surface area contributed by atoms with Crippen LogP contribution in [-0.4, -0.2) is 16.8 Å². The third kappa shape index (κ3) is 4.52. The Kier molecular flexibility index (Phi) is 6.00. The molecule has 32 heavy (non-hydrogen) atoms. The molecule has 0 aromatic heterocycles. The number of carbonyl (C=O) groups is 2. The van der Waals surface area contributed by atoms with Gasteiger partial charge in [-0.3, -0.25) is 9.69 Å². The van der Waals surface area contributed by atoms with Crippen LogP contribution >= 0.6 is 0 Å². The van der Waals surface area contributed by atoms with Gasteiger partial charge in [0.15, 0.2) is 0 Å². The summed E-state index contributed by atoms with van der Waals surface area (Å²) in [7, 11) is 0. The van der Waals surface area contributed by atoms with Crippen LogP contribution in [0.5, 0.6) is 5.75 Å². The standard InChI is InChI=1S/C26H21N3O3/c1-18-7-6-8-19(13-18)16-29-25(30)23(28-26(29)31)14-20-9-4-5-12-24(20)32-17-22-11-3-2-10-21(22)15-27/h2-14H,16-17H2,1H3,(H,28,31)/b23-14+. The maximum absolute atomic E-state index is 12.9. The maximum Gasteiger partial charge on any atom is 0.329 e. The van der Waals surface area contributed by atoms with E-state index in [0.29, 0.717) is 16.9 Å². The van der Waals surface area contributed by atoms with Crippen LogP contribution in [0.15, 0.2) is 78.5 Å². The summed E-state index contributed by atoms with van der Waals surface area (Å²) in [4.78, 5) is 26.5. The summed E-state index contributed by atoms with van der Waals surface area (Å²) in [5.74, 6) is 0.160. The Morgan fingerprint density at radius 1 is 1.03 bits per heavy atom. The lowest BCUT2D eigenvalue weighted by Crippen LogP contribution is -2.30. The van der Waals surface area contributed by atoms with Crippen LogP contribution in [0.4, 0.5) is 4.79 Å². The van der Waals surface area contributed by atoms with Gasteiger partial charge in [-0.1, -0.05) is 66.2 Å². The lowest BCUT2D eigenvalue weighted by Gasteiger charge is -2.12. The number of nitrogens with zero attached hydrogens (tertiary/aromatic N) is 2. The number of imide groups is 1. The van der Waals surface area contributed by atoms with Crippen molar-refractivity contribution < 1.29 is 14.3 Å². The van der Waals surface area contributed by atoms with E-state index in [1.807, 2.05) is 55.5 Å². The van der Waals surface area contributed by atoms with E-state index in [-0.39, 0.29) is 24.8 Å². The highest BCUT2D eigenvalue weighted by molar-refractivity contribution is 6.14. The Labute approximate surface area is 186 Å². The second-order valence-corrected chi connectivity index (χ2v) is 7.46. The summed E-state index contributed by atoms with van der Waals surface area (Å²) in [5, 5.41) is 11.9. The average molecular weight is 423 g/mol. The first kappa shape index (κ1) is 20.9. The first-order valence-electron chi connectivity index (χ1n) is 10.1. The quantitative estimate of drug-likeness (QED) is 0.466. The molecule has 0 unspecified atom stereocenters. The molecule has 1 aliphatic heterocycles. The number of rotatable bonds is 6. The number of nitrogens with one attached hydrogen (secondary N) is 1. The lowest BCUT2D eigenvalue weighted by molar-refractivity contribution is -0.123.